The van der Waals surface area contributed by atoms with Crippen molar-refractivity contribution >= 4 is 11.8 Å². The SMILES string of the molecule is C=CC(=O)Oc1cccc2c1CC(=O)C2. The lowest BCUT2D eigenvalue weighted by molar-refractivity contribution is -0.129. The predicted octanol–water partition coefficient (Wildman–Crippen LogP) is 1.45. The van der Waals surface area contributed by atoms with Gasteiger partial charge in [-0.2, -0.15) is 0 Å². The van der Waals surface area contributed by atoms with Crippen molar-refractivity contribution in [1.29, 1.82) is 0 Å². The Bertz CT molecular complexity index is 446. The number of benzene rings is 1. The fourth-order valence-electron chi connectivity index (χ4n) is 1.70. The average molecular weight is 202 g/mol. The van der Waals surface area contributed by atoms with Gasteiger partial charge in [-0.25, -0.2) is 4.79 Å². The lowest BCUT2D eigenvalue weighted by atomic mass is 10.1. The number of carbonyl (C=O) groups is 2. The summed E-state index contributed by atoms with van der Waals surface area (Å²) in [5, 5.41) is 0. The van der Waals surface area contributed by atoms with Gasteiger partial charge in [0, 0.05) is 24.5 Å². The number of hydrogen-bond acceptors (Lipinski definition) is 3. The predicted molar refractivity (Wildman–Crippen MR) is 54.7 cm³/mol. The first-order chi connectivity index (χ1) is 7.20. The van der Waals surface area contributed by atoms with Gasteiger partial charge in [0.1, 0.15) is 11.5 Å². The van der Waals surface area contributed by atoms with Crippen LogP contribution < -0.4 is 4.74 Å². The van der Waals surface area contributed by atoms with E-state index in [9.17, 15) is 9.59 Å². The van der Waals surface area contributed by atoms with Crippen LogP contribution in [0.15, 0.2) is 30.9 Å². The second-order valence-corrected chi connectivity index (χ2v) is 3.41. The van der Waals surface area contributed by atoms with Crippen molar-refractivity contribution in [1.82, 2.24) is 0 Å². The number of hydrogen-bond donors (Lipinski definition) is 0. The molecule has 2 rings (SSSR count). The van der Waals surface area contributed by atoms with Crippen molar-refractivity contribution in [2.24, 2.45) is 0 Å². The molecule has 0 unspecified atom stereocenters. The summed E-state index contributed by atoms with van der Waals surface area (Å²) in [7, 11) is 0. The topological polar surface area (TPSA) is 43.4 Å². The smallest absolute Gasteiger partial charge is 0.335 e. The van der Waals surface area contributed by atoms with E-state index in [0.29, 0.717) is 18.6 Å². The van der Waals surface area contributed by atoms with Crippen LogP contribution >= 0.6 is 0 Å². The van der Waals surface area contributed by atoms with E-state index in [2.05, 4.69) is 6.58 Å². The maximum absolute atomic E-state index is 11.2. The highest BCUT2D eigenvalue weighted by atomic mass is 16.5. The molecule has 0 saturated heterocycles. The van der Waals surface area contributed by atoms with E-state index in [1.165, 1.54) is 0 Å². The molecule has 0 heterocycles. The molecule has 0 bridgehead atoms. The molecule has 0 radical (unpaired) electrons. The number of esters is 1. The van der Waals surface area contributed by atoms with Gasteiger partial charge in [0.2, 0.25) is 0 Å². The van der Waals surface area contributed by atoms with Crippen LogP contribution in [0.25, 0.3) is 0 Å². The molecule has 3 nitrogen and oxygen atoms in total. The zero-order valence-electron chi connectivity index (χ0n) is 8.16. The average Bonchev–Trinajstić information content (AvgIpc) is 2.59. The quantitative estimate of drug-likeness (QED) is 0.414. The Balaban J connectivity index is 2.34. The summed E-state index contributed by atoms with van der Waals surface area (Å²) in [4.78, 5) is 22.3. The minimum absolute atomic E-state index is 0.159. The Hall–Kier alpha value is -1.90. The third kappa shape index (κ3) is 1.81. The molecular formula is C12H10O3. The standard InChI is InChI=1S/C12H10O3/c1-2-12(14)15-11-5-3-4-8-6-9(13)7-10(8)11/h2-5H,1,6-7H2. The van der Waals surface area contributed by atoms with E-state index in [-0.39, 0.29) is 5.78 Å². The number of fused-ring (bicyclic) bond motifs is 1. The van der Waals surface area contributed by atoms with Gasteiger partial charge in [-0.3, -0.25) is 4.79 Å². The highest BCUT2D eigenvalue weighted by Gasteiger charge is 2.22. The molecular weight excluding hydrogens is 192 g/mol. The number of ether oxygens (including phenoxy) is 1. The highest BCUT2D eigenvalue weighted by molar-refractivity contribution is 5.90. The van der Waals surface area contributed by atoms with Crippen LogP contribution in [0.1, 0.15) is 11.1 Å². The van der Waals surface area contributed by atoms with Crippen molar-refractivity contribution in [3.63, 3.8) is 0 Å². The van der Waals surface area contributed by atoms with Crippen LogP contribution in [0.4, 0.5) is 0 Å². The Morgan fingerprint density at radius 2 is 2.20 bits per heavy atom. The van der Waals surface area contributed by atoms with E-state index < -0.39 is 5.97 Å². The summed E-state index contributed by atoms with van der Waals surface area (Å²) in [6, 6.07) is 5.35. The molecule has 0 amide bonds. The van der Waals surface area contributed by atoms with Gasteiger partial charge >= 0.3 is 5.97 Å². The molecule has 76 valence electrons. The third-order valence-corrected chi connectivity index (χ3v) is 2.37. The van der Waals surface area contributed by atoms with Gasteiger partial charge in [0.05, 0.1) is 0 Å². The van der Waals surface area contributed by atoms with Crippen LogP contribution in [0, 0.1) is 0 Å². The number of rotatable bonds is 2. The van der Waals surface area contributed by atoms with Crippen LogP contribution in [-0.2, 0) is 22.4 Å². The first-order valence-electron chi connectivity index (χ1n) is 4.67. The van der Waals surface area contributed by atoms with Crippen molar-refractivity contribution in [3.8, 4) is 5.75 Å². The summed E-state index contributed by atoms with van der Waals surface area (Å²) >= 11 is 0. The fourth-order valence-corrected chi connectivity index (χ4v) is 1.70. The summed E-state index contributed by atoms with van der Waals surface area (Å²) in [6.07, 6.45) is 1.90. The van der Waals surface area contributed by atoms with Crippen LogP contribution in [0.5, 0.6) is 5.75 Å². The van der Waals surface area contributed by atoms with Crippen LogP contribution in [0.3, 0.4) is 0 Å². The Morgan fingerprint density at radius 1 is 1.40 bits per heavy atom. The van der Waals surface area contributed by atoms with E-state index >= 15 is 0 Å². The minimum Gasteiger partial charge on any atom is -0.423 e. The van der Waals surface area contributed by atoms with Crippen LogP contribution in [-0.4, -0.2) is 11.8 Å². The second kappa shape index (κ2) is 3.69. The van der Waals surface area contributed by atoms with E-state index in [1.807, 2.05) is 6.07 Å². The van der Waals surface area contributed by atoms with Gasteiger partial charge in [0.15, 0.2) is 0 Å². The van der Waals surface area contributed by atoms with Gasteiger partial charge in [0.25, 0.3) is 0 Å². The summed E-state index contributed by atoms with van der Waals surface area (Å²) in [5.41, 5.74) is 1.78. The van der Waals surface area contributed by atoms with Crippen molar-refractivity contribution in [2.45, 2.75) is 12.8 Å². The Kier molecular flexibility index (Phi) is 2.37. The van der Waals surface area contributed by atoms with Gasteiger partial charge in [-0.1, -0.05) is 18.7 Å². The van der Waals surface area contributed by atoms with Crippen LogP contribution in [0.2, 0.25) is 0 Å². The molecule has 1 aliphatic rings. The molecule has 1 aromatic rings. The van der Waals surface area contributed by atoms with E-state index in [4.69, 9.17) is 4.74 Å². The number of ketones is 1. The molecule has 0 atom stereocenters. The van der Waals surface area contributed by atoms with E-state index in [1.54, 1.807) is 12.1 Å². The zero-order chi connectivity index (χ0) is 10.8. The maximum atomic E-state index is 11.2. The van der Waals surface area contributed by atoms with Crippen molar-refractivity contribution < 1.29 is 14.3 Å². The van der Waals surface area contributed by atoms with E-state index in [0.717, 1.165) is 17.2 Å². The maximum Gasteiger partial charge on any atom is 0.335 e. The lowest BCUT2D eigenvalue weighted by Gasteiger charge is -2.06. The number of carbonyl (C=O) groups excluding carboxylic acids is 2. The molecule has 0 saturated carbocycles. The van der Waals surface area contributed by atoms with Crippen molar-refractivity contribution in [2.75, 3.05) is 0 Å². The normalized spacial score (nSPS) is 13.5. The molecule has 0 aliphatic heterocycles. The van der Waals surface area contributed by atoms with Gasteiger partial charge in [-0.05, 0) is 11.6 Å². The van der Waals surface area contributed by atoms with Crippen molar-refractivity contribution in [3.05, 3.63) is 42.0 Å². The molecule has 15 heavy (non-hydrogen) atoms. The summed E-state index contributed by atoms with van der Waals surface area (Å²) in [5.74, 6) is 0.137. The molecule has 0 fully saturated rings. The fraction of sp³-hybridized carbons (Fsp3) is 0.167. The summed E-state index contributed by atoms with van der Waals surface area (Å²) < 4.78 is 5.05. The highest BCUT2D eigenvalue weighted by Crippen LogP contribution is 2.28. The van der Waals surface area contributed by atoms with Gasteiger partial charge in [-0.15, -0.1) is 0 Å². The molecule has 1 aromatic carbocycles. The molecule has 0 N–H and O–H groups in total. The monoisotopic (exact) mass is 202 g/mol. The second-order valence-electron chi connectivity index (χ2n) is 3.41. The Morgan fingerprint density at radius 3 is 2.93 bits per heavy atom. The van der Waals surface area contributed by atoms with Gasteiger partial charge < -0.3 is 4.74 Å². The molecule has 0 aromatic heterocycles. The molecule has 0 spiro atoms. The zero-order valence-corrected chi connectivity index (χ0v) is 8.16. The summed E-state index contributed by atoms with van der Waals surface area (Å²) in [6.45, 7) is 3.32. The first kappa shape index (κ1) is 9.65. The molecule has 3 heteroatoms. The minimum atomic E-state index is -0.497. The molecule has 1 aliphatic carbocycles. The third-order valence-electron chi connectivity index (χ3n) is 2.37. The lowest BCUT2D eigenvalue weighted by Crippen LogP contribution is -2.05. The largest absolute Gasteiger partial charge is 0.423 e. The Labute approximate surface area is 87.4 Å². The number of Topliss-reactive ketones (excluding diaryl/α,β-unsaturated/α-hetero) is 1. The first-order valence-corrected chi connectivity index (χ1v) is 4.67.